The average molecular weight is 484 g/mol. The summed E-state index contributed by atoms with van der Waals surface area (Å²) < 4.78 is 41.0. The van der Waals surface area contributed by atoms with Crippen LogP contribution in [0.15, 0.2) is 65.6 Å². The molecule has 178 valence electrons. The minimum atomic E-state index is -4.02. The normalized spacial score (nSPS) is 11.1. The molecule has 0 fully saturated rings. The first kappa shape index (κ1) is 24.9. The van der Waals surface area contributed by atoms with Crippen molar-refractivity contribution in [3.63, 3.8) is 0 Å². The van der Waals surface area contributed by atoms with Crippen molar-refractivity contribution in [2.75, 3.05) is 23.6 Å². The number of anilines is 2. The molecule has 0 radical (unpaired) electrons. The Morgan fingerprint density at radius 2 is 1.62 bits per heavy atom. The Morgan fingerprint density at radius 1 is 0.941 bits per heavy atom. The minimum Gasteiger partial charge on any atom is -0.332 e. The van der Waals surface area contributed by atoms with E-state index < -0.39 is 21.7 Å². The highest BCUT2D eigenvalue weighted by Crippen LogP contribution is 2.21. The summed E-state index contributed by atoms with van der Waals surface area (Å²) in [6.45, 7) is 5.31. The van der Waals surface area contributed by atoms with E-state index in [9.17, 15) is 22.4 Å². The lowest BCUT2D eigenvalue weighted by Crippen LogP contribution is -2.35. The number of halogens is 1. The van der Waals surface area contributed by atoms with Crippen LogP contribution >= 0.6 is 0 Å². The monoisotopic (exact) mass is 483 g/mol. The molecule has 3 aromatic carbocycles. The molecule has 3 rings (SSSR count). The van der Waals surface area contributed by atoms with Gasteiger partial charge in [-0.05, 0) is 79.9 Å². The molecule has 0 heterocycles. The van der Waals surface area contributed by atoms with Crippen LogP contribution in [0.25, 0.3) is 0 Å². The Kier molecular flexibility index (Phi) is 7.36. The summed E-state index contributed by atoms with van der Waals surface area (Å²) in [6.07, 6.45) is 0. The molecule has 0 atom stereocenters. The summed E-state index contributed by atoms with van der Waals surface area (Å²) in [5, 5.41) is 2.80. The van der Waals surface area contributed by atoms with Gasteiger partial charge in [-0.15, -0.1) is 0 Å². The van der Waals surface area contributed by atoms with Gasteiger partial charge in [-0.25, -0.2) is 12.8 Å². The van der Waals surface area contributed by atoms with Gasteiger partial charge in [0.1, 0.15) is 5.82 Å². The summed E-state index contributed by atoms with van der Waals surface area (Å²) in [5.41, 5.74) is 3.55. The van der Waals surface area contributed by atoms with E-state index in [1.54, 1.807) is 13.0 Å². The number of likely N-dealkylation sites (N-methyl/N-ethyl adjacent to an activating group) is 1. The van der Waals surface area contributed by atoms with Crippen molar-refractivity contribution in [2.45, 2.75) is 25.7 Å². The highest BCUT2D eigenvalue weighted by Gasteiger charge is 2.21. The SMILES string of the molecule is Cc1ccc(S(=O)(=O)Nc2ccc(F)cc2)cc1C(=O)N(C)CC(=O)Nc1cccc(C)c1C. The maximum atomic E-state index is 13.1. The second-order valence-electron chi connectivity index (χ2n) is 8.05. The number of carbonyl (C=O) groups excluding carboxylic acids is 2. The molecule has 0 bridgehead atoms. The van der Waals surface area contributed by atoms with Crippen molar-refractivity contribution in [1.82, 2.24) is 4.90 Å². The zero-order valence-corrected chi connectivity index (χ0v) is 20.2. The van der Waals surface area contributed by atoms with Crippen LogP contribution in [0, 0.1) is 26.6 Å². The van der Waals surface area contributed by atoms with Crippen molar-refractivity contribution in [3.8, 4) is 0 Å². The Bertz CT molecular complexity index is 1340. The number of sulfonamides is 1. The van der Waals surface area contributed by atoms with Crippen LogP contribution in [-0.4, -0.2) is 38.7 Å². The number of nitrogens with zero attached hydrogens (tertiary/aromatic N) is 1. The molecule has 0 saturated heterocycles. The molecule has 0 unspecified atom stereocenters. The first-order valence-corrected chi connectivity index (χ1v) is 12.0. The average Bonchev–Trinajstić information content (AvgIpc) is 2.78. The van der Waals surface area contributed by atoms with Gasteiger partial charge >= 0.3 is 0 Å². The maximum absolute atomic E-state index is 13.1. The van der Waals surface area contributed by atoms with E-state index in [1.165, 1.54) is 42.3 Å². The summed E-state index contributed by atoms with van der Waals surface area (Å²) in [5.74, 6) is -1.35. The molecule has 9 heteroatoms. The molecule has 0 spiro atoms. The van der Waals surface area contributed by atoms with Crippen LogP contribution in [0.2, 0.25) is 0 Å². The fourth-order valence-corrected chi connectivity index (χ4v) is 4.38. The highest BCUT2D eigenvalue weighted by atomic mass is 32.2. The zero-order chi connectivity index (χ0) is 25.0. The number of hydrogen-bond donors (Lipinski definition) is 2. The number of nitrogens with one attached hydrogen (secondary N) is 2. The second-order valence-corrected chi connectivity index (χ2v) is 9.73. The number of rotatable bonds is 7. The fourth-order valence-electron chi connectivity index (χ4n) is 3.30. The summed E-state index contributed by atoms with van der Waals surface area (Å²) in [4.78, 5) is 26.7. The first-order chi connectivity index (χ1) is 16.0. The first-order valence-electron chi connectivity index (χ1n) is 10.5. The lowest BCUT2D eigenvalue weighted by Gasteiger charge is -2.19. The van der Waals surface area contributed by atoms with Gasteiger partial charge in [-0.2, -0.15) is 0 Å². The van der Waals surface area contributed by atoms with E-state index in [0.29, 0.717) is 11.3 Å². The zero-order valence-electron chi connectivity index (χ0n) is 19.3. The summed E-state index contributed by atoms with van der Waals surface area (Å²) in [7, 11) is -2.55. The quantitative estimate of drug-likeness (QED) is 0.525. The predicted molar refractivity (Wildman–Crippen MR) is 130 cm³/mol. The smallest absolute Gasteiger partial charge is 0.261 e. The molecular weight excluding hydrogens is 457 g/mol. The Labute approximate surface area is 198 Å². The van der Waals surface area contributed by atoms with Crippen molar-refractivity contribution >= 4 is 33.2 Å². The van der Waals surface area contributed by atoms with Crippen LogP contribution in [0.5, 0.6) is 0 Å². The summed E-state index contributed by atoms with van der Waals surface area (Å²) >= 11 is 0. The molecule has 0 aliphatic rings. The molecule has 3 aromatic rings. The number of carbonyl (C=O) groups is 2. The Morgan fingerprint density at radius 3 is 2.29 bits per heavy atom. The Balaban J connectivity index is 1.76. The van der Waals surface area contributed by atoms with E-state index in [-0.39, 0.29) is 28.6 Å². The van der Waals surface area contributed by atoms with Crippen LogP contribution in [-0.2, 0) is 14.8 Å². The van der Waals surface area contributed by atoms with Crippen LogP contribution in [0.3, 0.4) is 0 Å². The van der Waals surface area contributed by atoms with Crippen molar-refractivity contribution in [1.29, 1.82) is 0 Å². The van der Waals surface area contributed by atoms with Gasteiger partial charge in [0.15, 0.2) is 0 Å². The molecule has 34 heavy (non-hydrogen) atoms. The van der Waals surface area contributed by atoms with Crippen molar-refractivity contribution in [2.24, 2.45) is 0 Å². The van der Waals surface area contributed by atoms with Gasteiger partial charge in [0.05, 0.1) is 11.4 Å². The molecule has 2 N–H and O–H groups in total. The molecule has 0 aliphatic carbocycles. The lowest BCUT2D eigenvalue weighted by molar-refractivity contribution is -0.116. The topological polar surface area (TPSA) is 95.6 Å². The van der Waals surface area contributed by atoms with E-state index in [4.69, 9.17) is 0 Å². The number of hydrogen-bond acceptors (Lipinski definition) is 4. The molecule has 0 aliphatic heterocycles. The number of benzene rings is 3. The number of aryl methyl sites for hydroxylation is 2. The van der Waals surface area contributed by atoms with Gasteiger partial charge in [0, 0.05) is 24.0 Å². The van der Waals surface area contributed by atoms with Crippen molar-refractivity contribution < 1.29 is 22.4 Å². The third-order valence-electron chi connectivity index (χ3n) is 5.45. The third-order valence-corrected chi connectivity index (χ3v) is 6.83. The Hall–Kier alpha value is -3.72. The third kappa shape index (κ3) is 5.79. The van der Waals surface area contributed by atoms with Gasteiger partial charge in [0.2, 0.25) is 5.91 Å². The van der Waals surface area contributed by atoms with E-state index in [0.717, 1.165) is 23.3 Å². The van der Waals surface area contributed by atoms with E-state index in [2.05, 4.69) is 10.0 Å². The van der Waals surface area contributed by atoms with Gasteiger partial charge in [0.25, 0.3) is 15.9 Å². The van der Waals surface area contributed by atoms with Crippen molar-refractivity contribution in [3.05, 3.63) is 88.7 Å². The standard InChI is InChI=1S/C25H26FN3O4S/c1-16-6-5-7-23(18(16)3)27-24(30)15-29(4)25(31)22-14-21(13-8-17(22)2)34(32,33)28-20-11-9-19(26)10-12-20/h5-14,28H,15H2,1-4H3,(H,27,30). The van der Waals surface area contributed by atoms with Gasteiger partial charge in [-0.1, -0.05) is 18.2 Å². The molecule has 0 saturated carbocycles. The fraction of sp³-hybridized carbons (Fsp3) is 0.200. The van der Waals surface area contributed by atoms with Crippen LogP contribution in [0.4, 0.5) is 15.8 Å². The molecule has 2 amide bonds. The number of amides is 2. The predicted octanol–water partition coefficient (Wildman–Crippen LogP) is 4.26. The molecule has 7 nitrogen and oxygen atoms in total. The van der Waals surface area contributed by atoms with E-state index in [1.807, 2.05) is 26.0 Å². The highest BCUT2D eigenvalue weighted by molar-refractivity contribution is 7.92. The minimum absolute atomic E-state index is 0.126. The largest absolute Gasteiger partial charge is 0.332 e. The van der Waals surface area contributed by atoms with Crippen LogP contribution < -0.4 is 10.0 Å². The van der Waals surface area contributed by atoms with Gasteiger partial charge in [-0.3, -0.25) is 14.3 Å². The lowest BCUT2D eigenvalue weighted by atomic mass is 10.1. The molecular formula is C25H26FN3O4S. The van der Waals surface area contributed by atoms with Gasteiger partial charge < -0.3 is 10.2 Å². The van der Waals surface area contributed by atoms with E-state index >= 15 is 0 Å². The maximum Gasteiger partial charge on any atom is 0.261 e. The van der Waals surface area contributed by atoms with Crippen LogP contribution in [0.1, 0.15) is 27.0 Å². The second kappa shape index (κ2) is 10.0. The molecule has 0 aromatic heterocycles. The summed E-state index contributed by atoms with van der Waals surface area (Å²) in [6, 6.07) is 14.6.